The fraction of sp³-hybridized carbons (Fsp3) is 0.611. The summed E-state index contributed by atoms with van der Waals surface area (Å²) in [4.78, 5) is 15.8. The van der Waals surface area contributed by atoms with Crippen LogP contribution >= 0.6 is 0 Å². The molecule has 2 aliphatic rings. The third kappa shape index (κ3) is 3.66. The number of aromatic nitrogens is 4. The van der Waals surface area contributed by atoms with Crippen molar-refractivity contribution in [2.75, 3.05) is 43.5 Å². The van der Waals surface area contributed by atoms with Crippen LogP contribution in [0.2, 0.25) is 0 Å². The Morgan fingerprint density at radius 3 is 2.92 bits per heavy atom. The van der Waals surface area contributed by atoms with Gasteiger partial charge in [0.25, 0.3) is 0 Å². The van der Waals surface area contributed by atoms with Gasteiger partial charge in [-0.2, -0.15) is 10.1 Å². The molecular weight excluding hydrogens is 330 g/mol. The normalized spacial score (nSPS) is 20.5. The number of nitrogens with zero attached hydrogens (tertiary/aromatic N) is 7. The molecule has 1 saturated heterocycles. The van der Waals surface area contributed by atoms with E-state index in [1.165, 1.54) is 5.69 Å². The van der Waals surface area contributed by atoms with Gasteiger partial charge in [0.1, 0.15) is 5.82 Å². The van der Waals surface area contributed by atoms with Gasteiger partial charge in [0.15, 0.2) is 0 Å². The molecule has 8 heteroatoms. The Bertz CT molecular complexity index is 760. The van der Waals surface area contributed by atoms with Crippen molar-refractivity contribution in [3.05, 3.63) is 29.7 Å². The van der Waals surface area contributed by atoms with Gasteiger partial charge in [-0.1, -0.05) is 0 Å². The van der Waals surface area contributed by atoms with Crippen LogP contribution in [0.3, 0.4) is 0 Å². The minimum atomic E-state index is -0.262. The quantitative estimate of drug-likeness (QED) is 0.864. The molecular formula is C18H27N7O. The largest absolute Gasteiger partial charge is 0.391 e. The first-order valence-corrected chi connectivity index (χ1v) is 9.30. The Labute approximate surface area is 154 Å². The molecule has 0 bridgehead atoms. The molecule has 4 heterocycles. The third-order valence-corrected chi connectivity index (χ3v) is 4.96. The van der Waals surface area contributed by atoms with Gasteiger partial charge in [-0.25, -0.2) is 4.98 Å². The van der Waals surface area contributed by atoms with Gasteiger partial charge in [0, 0.05) is 32.4 Å². The van der Waals surface area contributed by atoms with Crippen molar-refractivity contribution in [1.29, 1.82) is 0 Å². The van der Waals surface area contributed by atoms with Crippen molar-refractivity contribution in [1.82, 2.24) is 24.6 Å². The summed E-state index contributed by atoms with van der Waals surface area (Å²) in [6.45, 7) is 4.90. The average molecular weight is 357 g/mol. The third-order valence-electron chi connectivity index (χ3n) is 4.96. The second kappa shape index (κ2) is 7.20. The highest BCUT2D eigenvalue weighted by atomic mass is 16.3. The molecule has 140 valence electrons. The number of β-amino-alcohol motifs (C(OH)–C–C–N with tert-alkyl or cyclic N) is 1. The molecule has 1 N–H and O–H groups in total. The molecule has 1 atom stereocenters. The maximum atomic E-state index is 9.92. The fourth-order valence-corrected chi connectivity index (χ4v) is 3.73. The summed E-state index contributed by atoms with van der Waals surface area (Å²) in [5, 5.41) is 14.6. The van der Waals surface area contributed by atoms with E-state index < -0.39 is 0 Å². The molecule has 2 aliphatic heterocycles. The van der Waals surface area contributed by atoms with Gasteiger partial charge >= 0.3 is 0 Å². The van der Waals surface area contributed by atoms with Crippen molar-refractivity contribution >= 4 is 11.8 Å². The number of piperidine rings is 1. The van der Waals surface area contributed by atoms with Crippen molar-refractivity contribution in [2.45, 2.75) is 38.6 Å². The molecule has 1 unspecified atom stereocenters. The van der Waals surface area contributed by atoms with Crippen LogP contribution in [0.5, 0.6) is 0 Å². The molecule has 0 radical (unpaired) electrons. The van der Waals surface area contributed by atoms with Crippen molar-refractivity contribution < 1.29 is 5.11 Å². The number of anilines is 2. The minimum Gasteiger partial charge on any atom is -0.391 e. The standard InChI is InChI=1S/C18H27N7O/c1-22(2)11-14-10-15-12-24(8-9-25(15)21-14)18-19-6-5-17(20-18)23-7-3-4-16(26)13-23/h5-6,10,16,26H,3-4,7-9,11-13H2,1-2H3. The van der Waals surface area contributed by atoms with E-state index in [1.54, 1.807) is 0 Å². The summed E-state index contributed by atoms with van der Waals surface area (Å²) in [5.41, 5.74) is 2.30. The maximum absolute atomic E-state index is 9.92. The lowest BCUT2D eigenvalue weighted by molar-refractivity contribution is 0.154. The molecule has 0 aliphatic carbocycles. The van der Waals surface area contributed by atoms with Crippen LogP contribution in [0.1, 0.15) is 24.2 Å². The molecule has 26 heavy (non-hydrogen) atoms. The van der Waals surface area contributed by atoms with Crippen molar-refractivity contribution in [3.63, 3.8) is 0 Å². The average Bonchev–Trinajstić information content (AvgIpc) is 3.02. The van der Waals surface area contributed by atoms with Gasteiger partial charge in [0.2, 0.25) is 5.95 Å². The molecule has 4 rings (SSSR count). The summed E-state index contributed by atoms with van der Waals surface area (Å²) in [6, 6.07) is 4.11. The lowest BCUT2D eigenvalue weighted by atomic mass is 10.1. The van der Waals surface area contributed by atoms with Crippen molar-refractivity contribution in [2.24, 2.45) is 0 Å². The number of hydrogen-bond donors (Lipinski definition) is 1. The summed E-state index contributed by atoms with van der Waals surface area (Å²) in [7, 11) is 4.11. The second-order valence-corrected chi connectivity index (χ2v) is 7.47. The van der Waals surface area contributed by atoms with Crippen LogP contribution in [0, 0.1) is 0 Å². The molecule has 0 spiro atoms. The van der Waals surface area contributed by atoms with E-state index in [0.29, 0.717) is 6.54 Å². The number of aliphatic hydroxyl groups is 1. The summed E-state index contributed by atoms with van der Waals surface area (Å²) >= 11 is 0. The highest BCUT2D eigenvalue weighted by Gasteiger charge is 2.23. The number of fused-ring (bicyclic) bond motifs is 1. The Morgan fingerprint density at radius 1 is 1.23 bits per heavy atom. The van der Waals surface area contributed by atoms with E-state index >= 15 is 0 Å². The second-order valence-electron chi connectivity index (χ2n) is 7.47. The van der Waals surface area contributed by atoms with Gasteiger partial charge in [-0.3, -0.25) is 4.68 Å². The zero-order chi connectivity index (χ0) is 18.1. The van der Waals surface area contributed by atoms with Gasteiger partial charge in [0.05, 0.1) is 30.6 Å². The fourth-order valence-electron chi connectivity index (χ4n) is 3.73. The van der Waals surface area contributed by atoms with E-state index in [-0.39, 0.29) is 6.10 Å². The number of rotatable bonds is 4. The zero-order valence-electron chi connectivity index (χ0n) is 15.5. The molecule has 0 amide bonds. The molecule has 8 nitrogen and oxygen atoms in total. The summed E-state index contributed by atoms with van der Waals surface area (Å²) < 4.78 is 2.10. The predicted molar refractivity (Wildman–Crippen MR) is 100 cm³/mol. The monoisotopic (exact) mass is 357 g/mol. The zero-order valence-corrected chi connectivity index (χ0v) is 15.5. The van der Waals surface area contributed by atoms with E-state index in [4.69, 9.17) is 4.98 Å². The Balaban J connectivity index is 1.50. The van der Waals surface area contributed by atoms with Gasteiger partial charge in [-0.15, -0.1) is 0 Å². The molecule has 0 aromatic carbocycles. The van der Waals surface area contributed by atoms with E-state index in [1.807, 2.05) is 12.3 Å². The molecule has 1 fully saturated rings. The highest BCUT2D eigenvalue weighted by Crippen LogP contribution is 2.22. The smallest absolute Gasteiger partial charge is 0.227 e. The maximum Gasteiger partial charge on any atom is 0.227 e. The van der Waals surface area contributed by atoms with Crippen molar-refractivity contribution in [3.8, 4) is 0 Å². The Morgan fingerprint density at radius 2 is 2.12 bits per heavy atom. The first kappa shape index (κ1) is 17.2. The number of aliphatic hydroxyl groups excluding tert-OH is 1. The predicted octanol–water partition coefficient (Wildman–Crippen LogP) is 0.716. The topological polar surface area (TPSA) is 73.6 Å². The lowest BCUT2D eigenvalue weighted by Gasteiger charge is -2.32. The van der Waals surface area contributed by atoms with E-state index in [9.17, 15) is 5.11 Å². The van der Waals surface area contributed by atoms with Crippen LogP contribution in [0.25, 0.3) is 0 Å². The van der Waals surface area contributed by atoms with Gasteiger partial charge in [-0.05, 0) is 39.1 Å². The van der Waals surface area contributed by atoms with Crippen LogP contribution in [-0.2, 0) is 19.6 Å². The van der Waals surface area contributed by atoms with E-state index in [2.05, 4.69) is 49.6 Å². The number of hydrogen-bond acceptors (Lipinski definition) is 7. The SMILES string of the molecule is CN(C)Cc1cc2n(n1)CCN(c1nccc(N3CCCC(O)C3)n1)C2. The van der Waals surface area contributed by atoms with Crippen LogP contribution in [-0.4, -0.2) is 69.6 Å². The molecule has 0 saturated carbocycles. The van der Waals surface area contributed by atoms with Crippen LogP contribution in [0.15, 0.2) is 18.3 Å². The lowest BCUT2D eigenvalue weighted by Crippen LogP contribution is -2.39. The molecule has 2 aromatic rings. The summed E-state index contributed by atoms with van der Waals surface area (Å²) in [6.07, 6.45) is 3.43. The van der Waals surface area contributed by atoms with E-state index in [0.717, 1.165) is 63.0 Å². The molecule has 2 aromatic heterocycles. The Hall–Kier alpha value is -2.19. The highest BCUT2D eigenvalue weighted by molar-refractivity contribution is 5.45. The van der Waals surface area contributed by atoms with Crippen LogP contribution < -0.4 is 9.80 Å². The summed E-state index contributed by atoms with van der Waals surface area (Å²) in [5.74, 6) is 1.66. The first-order valence-electron chi connectivity index (χ1n) is 9.30. The van der Waals surface area contributed by atoms with Crippen LogP contribution in [0.4, 0.5) is 11.8 Å². The Kier molecular flexibility index (Phi) is 4.78. The van der Waals surface area contributed by atoms with Gasteiger partial charge < -0.3 is 19.8 Å². The minimum absolute atomic E-state index is 0.262. The first-order chi connectivity index (χ1) is 12.6.